The van der Waals surface area contributed by atoms with Gasteiger partial charge in [0, 0.05) is 6.04 Å². The number of piperidine rings is 1. The van der Waals surface area contributed by atoms with Gasteiger partial charge in [-0.1, -0.05) is 6.92 Å². The number of likely N-dealkylation sites (N-methyl/N-ethyl adjacent to an activating group) is 1. The highest BCUT2D eigenvalue weighted by Crippen LogP contribution is 2.19. The van der Waals surface area contributed by atoms with Gasteiger partial charge < -0.3 is 20.2 Å². The summed E-state index contributed by atoms with van der Waals surface area (Å²) < 4.78 is 0. The summed E-state index contributed by atoms with van der Waals surface area (Å²) >= 11 is 0. The molecule has 0 bridgehead atoms. The van der Waals surface area contributed by atoms with Gasteiger partial charge in [0.25, 0.3) is 0 Å². The Morgan fingerprint density at radius 1 is 1.45 bits per heavy atom. The normalized spacial score (nSPS) is 21.1. The highest BCUT2D eigenvalue weighted by Gasteiger charge is 2.34. The molecule has 2 N–H and O–H groups in total. The Balaban J connectivity index is 2.37. The van der Waals surface area contributed by atoms with E-state index in [1.807, 2.05) is 6.92 Å². The number of carboxylic acid groups (broad SMARTS) is 1. The number of hydrogen-bond acceptors (Lipinski definition) is 4. The third kappa shape index (κ3) is 4.43. The van der Waals surface area contributed by atoms with E-state index in [4.69, 9.17) is 0 Å². The number of hydrogen-bond donors (Lipinski definition) is 2. The Morgan fingerprint density at radius 2 is 2.05 bits per heavy atom. The van der Waals surface area contributed by atoms with Crippen molar-refractivity contribution >= 4 is 5.97 Å². The number of rotatable bonds is 8. The monoisotopic (exact) mass is 285 g/mol. The van der Waals surface area contributed by atoms with E-state index in [1.165, 1.54) is 25.9 Å². The van der Waals surface area contributed by atoms with Crippen molar-refractivity contribution in [2.45, 2.75) is 50.6 Å². The SMILES string of the molecule is CCC(CCCN(C)C1CCN(C)CC1)(NC)C(=O)O. The van der Waals surface area contributed by atoms with Crippen LogP contribution in [0.2, 0.25) is 0 Å². The molecule has 1 rings (SSSR count). The summed E-state index contributed by atoms with van der Waals surface area (Å²) in [5.41, 5.74) is -0.756. The van der Waals surface area contributed by atoms with Crippen molar-refractivity contribution in [3.63, 3.8) is 0 Å². The molecule has 0 aliphatic carbocycles. The standard InChI is InChI=1S/C15H31N3O2/c1-5-15(16-2,14(19)20)9-6-10-18(4)13-7-11-17(3)12-8-13/h13,16H,5-12H2,1-4H3,(H,19,20). The molecular weight excluding hydrogens is 254 g/mol. The molecule has 1 atom stereocenters. The van der Waals surface area contributed by atoms with Crippen LogP contribution in [0.4, 0.5) is 0 Å². The van der Waals surface area contributed by atoms with Gasteiger partial charge in [-0.15, -0.1) is 0 Å². The van der Waals surface area contributed by atoms with E-state index in [1.54, 1.807) is 7.05 Å². The van der Waals surface area contributed by atoms with Crippen molar-refractivity contribution in [1.29, 1.82) is 0 Å². The van der Waals surface area contributed by atoms with E-state index < -0.39 is 11.5 Å². The van der Waals surface area contributed by atoms with Gasteiger partial charge in [0.1, 0.15) is 5.54 Å². The molecule has 0 aromatic heterocycles. The van der Waals surface area contributed by atoms with Crippen LogP contribution in [0.25, 0.3) is 0 Å². The predicted octanol–water partition coefficient (Wildman–Crippen LogP) is 1.25. The minimum atomic E-state index is -0.756. The first-order chi connectivity index (χ1) is 9.45. The predicted molar refractivity (Wildman–Crippen MR) is 82.1 cm³/mol. The van der Waals surface area contributed by atoms with Crippen molar-refractivity contribution < 1.29 is 9.90 Å². The van der Waals surface area contributed by atoms with E-state index in [9.17, 15) is 9.90 Å². The zero-order valence-corrected chi connectivity index (χ0v) is 13.5. The average Bonchev–Trinajstić information content (AvgIpc) is 2.44. The summed E-state index contributed by atoms with van der Waals surface area (Å²) in [4.78, 5) is 16.2. The topological polar surface area (TPSA) is 55.8 Å². The molecule has 0 radical (unpaired) electrons. The van der Waals surface area contributed by atoms with Crippen LogP contribution >= 0.6 is 0 Å². The average molecular weight is 285 g/mol. The third-order valence-corrected chi connectivity index (χ3v) is 4.92. The van der Waals surface area contributed by atoms with Gasteiger partial charge in [-0.25, -0.2) is 0 Å². The van der Waals surface area contributed by atoms with Gasteiger partial charge >= 0.3 is 5.97 Å². The Hall–Kier alpha value is -0.650. The van der Waals surface area contributed by atoms with Gasteiger partial charge in [0.15, 0.2) is 0 Å². The van der Waals surface area contributed by atoms with Crippen LogP contribution in [0.5, 0.6) is 0 Å². The number of carbonyl (C=O) groups is 1. The molecule has 1 fully saturated rings. The number of likely N-dealkylation sites (tertiary alicyclic amines) is 1. The van der Waals surface area contributed by atoms with Crippen molar-refractivity contribution in [2.24, 2.45) is 0 Å². The van der Waals surface area contributed by atoms with Crippen LogP contribution in [0, 0.1) is 0 Å². The summed E-state index contributed by atoms with van der Waals surface area (Å²) in [5, 5.41) is 12.4. The molecule has 1 aliphatic heterocycles. The summed E-state index contributed by atoms with van der Waals surface area (Å²) in [6, 6.07) is 0.654. The van der Waals surface area contributed by atoms with E-state index in [0.717, 1.165) is 13.0 Å². The Bertz CT molecular complexity index is 297. The highest BCUT2D eigenvalue weighted by molar-refractivity contribution is 5.78. The van der Waals surface area contributed by atoms with Crippen LogP contribution in [0.1, 0.15) is 39.0 Å². The lowest BCUT2D eigenvalue weighted by atomic mass is 9.90. The van der Waals surface area contributed by atoms with E-state index >= 15 is 0 Å². The van der Waals surface area contributed by atoms with Crippen molar-refractivity contribution in [3.8, 4) is 0 Å². The van der Waals surface area contributed by atoms with Crippen LogP contribution in [0.15, 0.2) is 0 Å². The van der Waals surface area contributed by atoms with Crippen molar-refractivity contribution in [2.75, 3.05) is 40.8 Å². The van der Waals surface area contributed by atoms with Crippen LogP contribution in [0.3, 0.4) is 0 Å². The first-order valence-corrected chi connectivity index (χ1v) is 7.76. The molecule has 0 aromatic rings. The number of nitrogens with one attached hydrogen (secondary N) is 1. The smallest absolute Gasteiger partial charge is 0.323 e. The van der Waals surface area contributed by atoms with Crippen LogP contribution in [-0.2, 0) is 4.79 Å². The Kier molecular flexibility index (Phi) is 6.92. The lowest BCUT2D eigenvalue weighted by Gasteiger charge is -2.36. The van der Waals surface area contributed by atoms with Gasteiger partial charge in [0.2, 0.25) is 0 Å². The van der Waals surface area contributed by atoms with E-state index in [0.29, 0.717) is 18.9 Å². The molecule has 1 saturated heterocycles. The highest BCUT2D eigenvalue weighted by atomic mass is 16.4. The van der Waals surface area contributed by atoms with Crippen molar-refractivity contribution in [3.05, 3.63) is 0 Å². The first kappa shape index (κ1) is 17.4. The lowest BCUT2D eigenvalue weighted by molar-refractivity contribution is -0.145. The molecule has 118 valence electrons. The third-order valence-electron chi connectivity index (χ3n) is 4.92. The van der Waals surface area contributed by atoms with E-state index in [-0.39, 0.29) is 0 Å². The summed E-state index contributed by atoms with van der Waals surface area (Å²) in [6.07, 6.45) is 4.67. The molecule has 0 saturated carbocycles. The quantitative estimate of drug-likeness (QED) is 0.703. The molecule has 0 spiro atoms. The summed E-state index contributed by atoms with van der Waals surface area (Å²) in [6.45, 7) is 5.25. The largest absolute Gasteiger partial charge is 0.480 e. The number of nitrogens with zero attached hydrogens (tertiary/aromatic N) is 2. The molecule has 0 amide bonds. The molecule has 5 heteroatoms. The lowest BCUT2D eigenvalue weighted by Crippen LogP contribution is -2.50. The minimum absolute atomic E-state index is 0.622. The van der Waals surface area contributed by atoms with Crippen molar-refractivity contribution in [1.82, 2.24) is 15.1 Å². The second-order valence-corrected chi connectivity index (χ2v) is 6.11. The second-order valence-electron chi connectivity index (χ2n) is 6.11. The Morgan fingerprint density at radius 3 is 2.50 bits per heavy atom. The fraction of sp³-hybridized carbons (Fsp3) is 0.933. The second kappa shape index (κ2) is 7.96. The van der Waals surface area contributed by atoms with Crippen LogP contribution < -0.4 is 5.32 Å². The van der Waals surface area contributed by atoms with Gasteiger partial charge in [-0.05, 0) is 72.9 Å². The zero-order valence-electron chi connectivity index (χ0n) is 13.5. The summed E-state index contributed by atoms with van der Waals surface area (Å²) in [7, 11) is 6.09. The van der Waals surface area contributed by atoms with Gasteiger partial charge in [0.05, 0.1) is 0 Å². The Labute approximate surface area is 123 Å². The first-order valence-electron chi connectivity index (χ1n) is 7.76. The molecular formula is C15H31N3O2. The number of aliphatic carboxylic acids is 1. The van der Waals surface area contributed by atoms with Gasteiger partial charge in [-0.3, -0.25) is 4.79 Å². The molecule has 1 aliphatic rings. The number of carboxylic acids is 1. The fourth-order valence-electron chi connectivity index (χ4n) is 3.09. The van der Waals surface area contributed by atoms with Crippen LogP contribution in [-0.4, -0.2) is 73.2 Å². The maximum Gasteiger partial charge on any atom is 0.323 e. The fourth-order valence-corrected chi connectivity index (χ4v) is 3.09. The van der Waals surface area contributed by atoms with E-state index in [2.05, 4.69) is 29.2 Å². The molecule has 20 heavy (non-hydrogen) atoms. The molecule has 5 nitrogen and oxygen atoms in total. The summed E-state index contributed by atoms with van der Waals surface area (Å²) in [5.74, 6) is -0.732. The molecule has 1 unspecified atom stereocenters. The maximum atomic E-state index is 11.4. The molecule has 1 heterocycles. The minimum Gasteiger partial charge on any atom is -0.480 e. The maximum absolute atomic E-state index is 11.4. The molecule has 0 aromatic carbocycles. The zero-order chi connectivity index (χ0) is 15.2. The van der Waals surface area contributed by atoms with Gasteiger partial charge in [-0.2, -0.15) is 0 Å².